The summed E-state index contributed by atoms with van der Waals surface area (Å²) in [5.74, 6) is 0. The molecule has 0 aromatic rings. The van der Waals surface area contributed by atoms with Crippen LogP contribution in [0.2, 0.25) is 0 Å². The average molecular weight is 268 g/mol. The fourth-order valence-corrected chi connectivity index (χ4v) is 2.39. The standard InChI is InChI=1S/C17H36N2/c1-2-3-4-5-6-7-8-9-10-11-12-13-16-19-17-14-15-18/h15,18-19H,2-14,16-17H2,1H3. The van der Waals surface area contributed by atoms with E-state index >= 15 is 0 Å². The zero-order valence-corrected chi connectivity index (χ0v) is 13.2. The Morgan fingerprint density at radius 1 is 0.684 bits per heavy atom. The zero-order chi connectivity index (χ0) is 14.0. The quantitative estimate of drug-likeness (QED) is 0.288. The molecule has 2 N–H and O–H groups in total. The SMILES string of the molecule is CCCCCCCCCCCCCCNCCC=N. The smallest absolute Gasteiger partial charge is 0.0000489 e. The monoisotopic (exact) mass is 268 g/mol. The second kappa shape index (κ2) is 17.6. The number of unbranched alkanes of at least 4 members (excludes halogenated alkanes) is 11. The summed E-state index contributed by atoms with van der Waals surface area (Å²) in [6.07, 6.45) is 19.3. The van der Waals surface area contributed by atoms with Crippen molar-refractivity contribution in [1.29, 1.82) is 5.41 Å². The summed E-state index contributed by atoms with van der Waals surface area (Å²) >= 11 is 0. The minimum Gasteiger partial charge on any atom is -0.316 e. The van der Waals surface area contributed by atoms with Crippen molar-refractivity contribution in [2.75, 3.05) is 13.1 Å². The summed E-state index contributed by atoms with van der Waals surface area (Å²) < 4.78 is 0. The molecule has 0 aliphatic heterocycles. The van der Waals surface area contributed by atoms with Gasteiger partial charge >= 0.3 is 0 Å². The van der Waals surface area contributed by atoms with Gasteiger partial charge in [-0.3, -0.25) is 0 Å². The van der Waals surface area contributed by atoms with Gasteiger partial charge in [0.2, 0.25) is 0 Å². The molecule has 0 saturated heterocycles. The Kier molecular flexibility index (Phi) is 17.3. The van der Waals surface area contributed by atoms with Gasteiger partial charge in [0.1, 0.15) is 0 Å². The van der Waals surface area contributed by atoms with Gasteiger partial charge in [-0.25, -0.2) is 0 Å². The van der Waals surface area contributed by atoms with E-state index in [0.29, 0.717) is 0 Å². The molecule has 114 valence electrons. The highest BCUT2D eigenvalue weighted by atomic mass is 14.8. The first-order valence-corrected chi connectivity index (χ1v) is 8.61. The van der Waals surface area contributed by atoms with Crippen molar-refractivity contribution in [2.24, 2.45) is 0 Å². The van der Waals surface area contributed by atoms with Gasteiger partial charge in [0.05, 0.1) is 0 Å². The maximum absolute atomic E-state index is 6.91. The van der Waals surface area contributed by atoms with Crippen LogP contribution in [-0.2, 0) is 0 Å². The van der Waals surface area contributed by atoms with Crippen molar-refractivity contribution in [1.82, 2.24) is 5.32 Å². The molecule has 2 nitrogen and oxygen atoms in total. The summed E-state index contributed by atoms with van der Waals surface area (Å²) in [7, 11) is 0. The number of hydrogen-bond donors (Lipinski definition) is 2. The first-order chi connectivity index (χ1) is 9.41. The van der Waals surface area contributed by atoms with Gasteiger partial charge in [-0.1, -0.05) is 77.6 Å². The molecule has 0 aromatic heterocycles. The summed E-state index contributed by atoms with van der Waals surface area (Å²) in [4.78, 5) is 0. The number of hydrogen-bond acceptors (Lipinski definition) is 2. The first kappa shape index (κ1) is 18.6. The highest BCUT2D eigenvalue weighted by Gasteiger charge is 1.93. The van der Waals surface area contributed by atoms with E-state index < -0.39 is 0 Å². The first-order valence-electron chi connectivity index (χ1n) is 8.61. The van der Waals surface area contributed by atoms with E-state index in [0.717, 1.165) is 19.5 Å². The fraction of sp³-hybridized carbons (Fsp3) is 0.941. The molecular formula is C17H36N2. The summed E-state index contributed by atoms with van der Waals surface area (Å²) in [6.45, 7) is 4.39. The van der Waals surface area contributed by atoms with Gasteiger partial charge in [0.15, 0.2) is 0 Å². The van der Waals surface area contributed by atoms with Gasteiger partial charge in [0.25, 0.3) is 0 Å². The second-order valence-corrected chi connectivity index (χ2v) is 5.63. The molecule has 0 saturated carbocycles. The molecule has 0 heterocycles. The van der Waals surface area contributed by atoms with E-state index in [-0.39, 0.29) is 0 Å². The normalized spacial score (nSPS) is 10.8. The molecule has 0 amide bonds. The van der Waals surface area contributed by atoms with E-state index in [4.69, 9.17) is 5.41 Å². The van der Waals surface area contributed by atoms with Crippen molar-refractivity contribution in [3.05, 3.63) is 0 Å². The zero-order valence-electron chi connectivity index (χ0n) is 13.2. The molecule has 0 aliphatic carbocycles. The van der Waals surface area contributed by atoms with Crippen molar-refractivity contribution in [2.45, 2.75) is 90.4 Å². The van der Waals surface area contributed by atoms with E-state index in [2.05, 4.69) is 12.2 Å². The van der Waals surface area contributed by atoms with Crippen molar-refractivity contribution < 1.29 is 0 Å². The van der Waals surface area contributed by atoms with Gasteiger partial charge in [0, 0.05) is 6.54 Å². The molecule has 0 rings (SSSR count). The Morgan fingerprint density at radius 2 is 1.16 bits per heavy atom. The lowest BCUT2D eigenvalue weighted by Gasteiger charge is -2.04. The van der Waals surface area contributed by atoms with Crippen LogP contribution in [0.25, 0.3) is 0 Å². The predicted molar refractivity (Wildman–Crippen MR) is 87.3 cm³/mol. The molecule has 0 fully saturated rings. The molecule has 19 heavy (non-hydrogen) atoms. The molecule has 0 aromatic carbocycles. The second-order valence-electron chi connectivity index (χ2n) is 5.63. The maximum atomic E-state index is 6.91. The third-order valence-electron chi connectivity index (χ3n) is 3.67. The van der Waals surface area contributed by atoms with Gasteiger partial charge < -0.3 is 10.7 Å². The third-order valence-corrected chi connectivity index (χ3v) is 3.67. The number of rotatable bonds is 16. The molecule has 0 aliphatic rings. The van der Waals surface area contributed by atoms with Gasteiger partial charge in [-0.15, -0.1) is 0 Å². The van der Waals surface area contributed by atoms with E-state index in [1.165, 1.54) is 83.3 Å². The van der Waals surface area contributed by atoms with Crippen LogP contribution < -0.4 is 5.32 Å². The van der Waals surface area contributed by atoms with Crippen LogP contribution in [0.3, 0.4) is 0 Å². The lowest BCUT2D eigenvalue weighted by molar-refractivity contribution is 0.537. The molecule has 0 unspecified atom stereocenters. The van der Waals surface area contributed by atoms with Crippen molar-refractivity contribution >= 4 is 6.21 Å². The lowest BCUT2D eigenvalue weighted by atomic mass is 10.1. The summed E-state index contributed by atoms with van der Waals surface area (Å²) in [6, 6.07) is 0. The minimum atomic E-state index is 0.873. The van der Waals surface area contributed by atoms with Crippen LogP contribution in [-0.4, -0.2) is 19.3 Å². The summed E-state index contributed by atoms with van der Waals surface area (Å²) in [5, 5.41) is 10.3. The summed E-state index contributed by atoms with van der Waals surface area (Å²) in [5.41, 5.74) is 0. The Balaban J connectivity index is 2.89. The Labute approximate surface area is 121 Å². The Morgan fingerprint density at radius 3 is 1.63 bits per heavy atom. The molecule has 0 radical (unpaired) electrons. The molecule has 0 atom stereocenters. The average Bonchev–Trinajstić information content (AvgIpc) is 2.43. The van der Waals surface area contributed by atoms with E-state index in [1.807, 2.05) is 0 Å². The molecule has 0 bridgehead atoms. The number of nitrogens with one attached hydrogen (secondary N) is 2. The third kappa shape index (κ3) is 17.6. The van der Waals surface area contributed by atoms with E-state index in [9.17, 15) is 0 Å². The Bertz CT molecular complexity index is 169. The van der Waals surface area contributed by atoms with Crippen LogP contribution in [0.1, 0.15) is 90.4 Å². The van der Waals surface area contributed by atoms with Crippen molar-refractivity contribution in [3.63, 3.8) is 0 Å². The largest absolute Gasteiger partial charge is 0.316 e. The van der Waals surface area contributed by atoms with E-state index in [1.54, 1.807) is 0 Å². The fourth-order valence-electron chi connectivity index (χ4n) is 2.39. The highest BCUT2D eigenvalue weighted by Crippen LogP contribution is 2.11. The molecule has 0 spiro atoms. The highest BCUT2D eigenvalue weighted by molar-refractivity contribution is 5.52. The van der Waals surface area contributed by atoms with Crippen LogP contribution in [0.15, 0.2) is 0 Å². The van der Waals surface area contributed by atoms with Crippen LogP contribution in [0.5, 0.6) is 0 Å². The predicted octanol–water partition coefficient (Wildman–Crippen LogP) is 5.32. The molecule has 2 heteroatoms. The minimum absolute atomic E-state index is 0.873. The van der Waals surface area contributed by atoms with Gasteiger partial charge in [-0.2, -0.15) is 0 Å². The van der Waals surface area contributed by atoms with Crippen LogP contribution in [0, 0.1) is 5.41 Å². The van der Waals surface area contributed by atoms with Crippen molar-refractivity contribution in [3.8, 4) is 0 Å². The van der Waals surface area contributed by atoms with Crippen LogP contribution >= 0.6 is 0 Å². The van der Waals surface area contributed by atoms with Gasteiger partial charge in [-0.05, 0) is 25.6 Å². The van der Waals surface area contributed by atoms with Crippen LogP contribution in [0.4, 0.5) is 0 Å². The maximum Gasteiger partial charge on any atom is 0.0000489 e. The Hall–Kier alpha value is -0.370. The topological polar surface area (TPSA) is 35.9 Å². The molecular weight excluding hydrogens is 232 g/mol. The lowest BCUT2D eigenvalue weighted by Crippen LogP contribution is -2.16.